The summed E-state index contributed by atoms with van der Waals surface area (Å²) in [6, 6.07) is 5.41. The highest BCUT2D eigenvalue weighted by atomic mass is 35.5. The number of carbonyl (C=O) groups is 2. The van der Waals surface area contributed by atoms with Gasteiger partial charge in [-0.1, -0.05) is 17.7 Å². The molecule has 0 aromatic heterocycles. The van der Waals surface area contributed by atoms with Crippen molar-refractivity contribution >= 4 is 29.1 Å². The number of aryl methyl sites for hydroxylation is 1. The fourth-order valence-corrected chi connectivity index (χ4v) is 2.05. The van der Waals surface area contributed by atoms with E-state index in [4.69, 9.17) is 11.6 Å². The van der Waals surface area contributed by atoms with Crippen LogP contribution in [0.15, 0.2) is 18.2 Å². The van der Waals surface area contributed by atoms with Crippen molar-refractivity contribution in [2.75, 3.05) is 11.9 Å². The Bertz CT molecular complexity index is 478. The third-order valence-electron chi connectivity index (χ3n) is 3.08. The first kappa shape index (κ1) is 12.9. The van der Waals surface area contributed by atoms with Crippen LogP contribution in [0.4, 0.5) is 5.69 Å². The summed E-state index contributed by atoms with van der Waals surface area (Å²) in [7, 11) is 0. The van der Waals surface area contributed by atoms with E-state index >= 15 is 0 Å². The number of nitrogens with one attached hydrogen (secondary N) is 2. The first-order chi connectivity index (χ1) is 8.56. The maximum atomic E-state index is 12.0. The molecule has 0 radical (unpaired) electrons. The fourth-order valence-electron chi connectivity index (χ4n) is 1.87. The number of hydrogen-bond donors (Lipinski definition) is 2. The number of anilines is 1. The quantitative estimate of drug-likeness (QED) is 0.861. The van der Waals surface area contributed by atoms with Crippen LogP contribution in [0.25, 0.3) is 0 Å². The molecule has 0 saturated carbocycles. The molecular weight excluding hydrogens is 252 g/mol. The molecule has 96 valence electrons. The minimum Gasteiger partial charge on any atom is -0.355 e. The second-order valence-electron chi connectivity index (χ2n) is 4.49. The van der Waals surface area contributed by atoms with E-state index < -0.39 is 0 Å². The Balaban J connectivity index is 1.98. The largest absolute Gasteiger partial charge is 0.355 e. The van der Waals surface area contributed by atoms with Crippen molar-refractivity contribution in [2.24, 2.45) is 5.92 Å². The third kappa shape index (κ3) is 3.01. The highest BCUT2D eigenvalue weighted by molar-refractivity contribution is 6.31. The van der Waals surface area contributed by atoms with Crippen LogP contribution in [0.3, 0.4) is 0 Å². The van der Waals surface area contributed by atoms with Gasteiger partial charge in [0.05, 0.1) is 5.92 Å². The molecule has 18 heavy (non-hydrogen) atoms. The van der Waals surface area contributed by atoms with Crippen LogP contribution in [0.1, 0.15) is 18.4 Å². The molecule has 1 unspecified atom stereocenters. The minimum atomic E-state index is -0.164. The highest BCUT2D eigenvalue weighted by Crippen LogP contribution is 2.21. The van der Waals surface area contributed by atoms with Gasteiger partial charge >= 0.3 is 0 Å². The second kappa shape index (κ2) is 5.40. The Kier molecular flexibility index (Phi) is 3.87. The zero-order valence-corrected chi connectivity index (χ0v) is 10.9. The summed E-state index contributed by atoms with van der Waals surface area (Å²) in [5, 5.41) is 6.14. The summed E-state index contributed by atoms with van der Waals surface area (Å²) in [5.74, 6) is -0.227. The Morgan fingerprint density at radius 2 is 2.28 bits per heavy atom. The molecule has 5 heteroatoms. The van der Waals surface area contributed by atoms with Crippen molar-refractivity contribution < 1.29 is 9.59 Å². The van der Waals surface area contributed by atoms with Crippen LogP contribution < -0.4 is 10.6 Å². The van der Waals surface area contributed by atoms with Gasteiger partial charge in [-0.2, -0.15) is 0 Å². The summed E-state index contributed by atoms with van der Waals surface area (Å²) in [4.78, 5) is 23.0. The van der Waals surface area contributed by atoms with Crippen LogP contribution in [0.2, 0.25) is 5.02 Å². The van der Waals surface area contributed by atoms with Crippen LogP contribution in [0.5, 0.6) is 0 Å². The molecule has 1 aliphatic rings. The molecule has 2 N–H and O–H groups in total. The summed E-state index contributed by atoms with van der Waals surface area (Å²) in [5.41, 5.74) is 1.66. The Morgan fingerprint density at radius 1 is 1.50 bits per heavy atom. The summed E-state index contributed by atoms with van der Waals surface area (Å²) < 4.78 is 0. The second-order valence-corrected chi connectivity index (χ2v) is 4.90. The molecule has 4 nitrogen and oxygen atoms in total. The van der Waals surface area contributed by atoms with Crippen LogP contribution >= 0.6 is 11.6 Å². The van der Waals surface area contributed by atoms with Crippen molar-refractivity contribution in [1.29, 1.82) is 0 Å². The van der Waals surface area contributed by atoms with E-state index in [9.17, 15) is 9.59 Å². The van der Waals surface area contributed by atoms with Gasteiger partial charge in [-0.25, -0.2) is 0 Å². The fraction of sp³-hybridized carbons (Fsp3) is 0.385. The van der Waals surface area contributed by atoms with E-state index in [-0.39, 0.29) is 17.7 Å². The molecule has 0 spiro atoms. The number of halogens is 1. The first-order valence-corrected chi connectivity index (χ1v) is 6.28. The average molecular weight is 267 g/mol. The van der Waals surface area contributed by atoms with E-state index in [1.54, 1.807) is 6.07 Å². The molecule has 1 saturated heterocycles. The average Bonchev–Trinajstić information content (AvgIpc) is 2.34. The van der Waals surface area contributed by atoms with Gasteiger partial charge in [0.15, 0.2) is 0 Å². The lowest BCUT2D eigenvalue weighted by molar-refractivity contribution is -0.126. The van der Waals surface area contributed by atoms with Gasteiger partial charge in [-0.15, -0.1) is 0 Å². The molecule has 1 fully saturated rings. The lowest BCUT2D eigenvalue weighted by Gasteiger charge is -2.21. The standard InChI is InChI=1S/C13H15ClN2O2/c1-8-2-4-10(6-11(8)14)16-13(18)9-3-5-12(17)15-7-9/h2,4,6,9H,3,5,7H2,1H3,(H,15,17)(H,16,18). The van der Waals surface area contributed by atoms with Crippen molar-refractivity contribution in [2.45, 2.75) is 19.8 Å². The Hall–Kier alpha value is -1.55. The lowest BCUT2D eigenvalue weighted by Crippen LogP contribution is -2.40. The number of hydrogen-bond acceptors (Lipinski definition) is 2. The van der Waals surface area contributed by atoms with Crippen molar-refractivity contribution in [3.8, 4) is 0 Å². The maximum Gasteiger partial charge on any atom is 0.229 e. The smallest absolute Gasteiger partial charge is 0.229 e. The molecule has 2 rings (SSSR count). The zero-order valence-electron chi connectivity index (χ0n) is 10.1. The van der Waals surface area contributed by atoms with Gasteiger partial charge in [-0.3, -0.25) is 9.59 Å². The van der Waals surface area contributed by atoms with Gasteiger partial charge in [-0.05, 0) is 31.0 Å². The highest BCUT2D eigenvalue weighted by Gasteiger charge is 2.24. The van der Waals surface area contributed by atoms with E-state index in [0.717, 1.165) is 5.56 Å². The van der Waals surface area contributed by atoms with Crippen molar-refractivity contribution in [1.82, 2.24) is 5.32 Å². The molecule has 1 heterocycles. The van der Waals surface area contributed by atoms with Gasteiger partial charge in [0, 0.05) is 23.7 Å². The zero-order chi connectivity index (χ0) is 13.1. The molecule has 2 amide bonds. The van der Waals surface area contributed by atoms with Crippen LogP contribution in [-0.2, 0) is 9.59 Å². The van der Waals surface area contributed by atoms with Crippen molar-refractivity contribution in [3.63, 3.8) is 0 Å². The normalized spacial score (nSPS) is 19.2. The Morgan fingerprint density at radius 3 is 2.89 bits per heavy atom. The molecule has 1 aromatic carbocycles. The number of rotatable bonds is 2. The molecule has 0 aliphatic carbocycles. The van der Waals surface area contributed by atoms with Gasteiger partial charge in [0.25, 0.3) is 0 Å². The summed E-state index contributed by atoms with van der Waals surface area (Å²) in [6.07, 6.45) is 1.00. The molecule has 1 atom stereocenters. The van der Waals surface area contributed by atoms with Gasteiger partial charge in [0.1, 0.15) is 0 Å². The monoisotopic (exact) mass is 266 g/mol. The predicted octanol–water partition coefficient (Wildman–Crippen LogP) is 2.11. The van der Waals surface area contributed by atoms with E-state index in [1.807, 2.05) is 19.1 Å². The van der Waals surface area contributed by atoms with Crippen LogP contribution in [0, 0.1) is 12.8 Å². The van der Waals surface area contributed by atoms with Gasteiger partial charge < -0.3 is 10.6 Å². The predicted molar refractivity (Wildman–Crippen MR) is 70.6 cm³/mol. The Labute approximate surface area is 111 Å². The maximum absolute atomic E-state index is 12.0. The number of piperidine rings is 1. The molecule has 1 aliphatic heterocycles. The van der Waals surface area contributed by atoms with E-state index in [2.05, 4.69) is 10.6 Å². The first-order valence-electron chi connectivity index (χ1n) is 5.90. The molecular formula is C13H15ClN2O2. The van der Waals surface area contributed by atoms with Gasteiger partial charge in [0.2, 0.25) is 11.8 Å². The SMILES string of the molecule is Cc1ccc(NC(=O)C2CCC(=O)NC2)cc1Cl. The number of carbonyl (C=O) groups excluding carboxylic acids is 2. The summed E-state index contributed by atoms with van der Waals surface area (Å²) in [6.45, 7) is 2.31. The number of amides is 2. The van der Waals surface area contributed by atoms with Crippen LogP contribution in [-0.4, -0.2) is 18.4 Å². The topological polar surface area (TPSA) is 58.2 Å². The minimum absolute atomic E-state index is 0.0115. The number of benzene rings is 1. The molecule has 1 aromatic rings. The van der Waals surface area contributed by atoms with Crippen molar-refractivity contribution in [3.05, 3.63) is 28.8 Å². The third-order valence-corrected chi connectivity index (χ3v) is 3.48. The van der Waals surface area contributed by atoms with E-state index in [1.165, 1.54) is 0 Å². The molecule has 0 bridgehead atoms. The van der Waals surface area contributed by atoms with E-state index in [0.29, 0.717) is 30.1 Å². The summed E-state index contributed by atoms with van der Waals surface area (Å²) >= 11 is 5.99. The lowest BCUT2D eigenvalue weighted by atomic mass is 9.98.